The van der Waals surface area contributed by atoms with E-state index in [1.54, 1.807) is 12.1 Å². The Kier molecular flexibility index (Phi) is 3.26. The van der Waals surface area contributed by atoms with E-state index in [9.17, 15) is 4.39 Å². The van der Waals surface area contributed by atoms with Crippen LogP contribution in [0.25, 0.3) is 0 Å². The molecule has 0 spiro atoms. The van der Waals surface area contributed by atoms with Crippen molar-refractivity contribution in [3.63, 3.8) is 0 Å². The topological polar surface area (TPSA) is 29.3 Å². The van der Waals surface area contributed by atoms with Crippen LogP contribution in [0, 0.1) is 11.7 Å². The summed E-state index contributed by atoms with van der Waals surface area (Å²) in [5.74, 6) is 0.358. The van der Waals surface area contributed by atoms with Gasteiger partial charge in [0.2, 0.25) is 0 Å². The first-order chi connectivity index (χ1) is 7.58. The van der Waals surface area contributed by atoms with Gasteiger partial charge in [-0.3, -0.25) is 4.90 Å². The monoisotopic (exact) mass is 222 g/mol. The third kappa shape index (κ3) is 2.25. The highest BCUT2D eigenvalue weighted by molar-refractivity contribution is 5.20. The fraction of sp³-hybridized carbons (Fsp3) is 0.538. The molecular weight excluding hydrogens is 203 g/mol. The van der Waals surface area contributed by atoms with Gasteiger partial charge in [0.25, 0.3) is 0 Å². The largest absolute Gasteiger partial charge is 0.326 e. The number of benzene rings is 1. The second-order valence-electron chi connectivity index (χ2n) is 4.83. The molecule has 1 heterocycles. The minimum absolute atomic E-state index is 0.166. The average Bonchev–Trinajstić information content (AvgIpc) is 2.58. The minimum Gasteiger partial charge on any atom is -0.326 e. The van der Waals surface area contributed by atoms with Gasteiger partial charge in [-0.05, 0) is 30.5 Å². The molecule has 1 aliphatic rings. The van der Waals surface area contributed by atoms with Crippen molar-refractivity contribution >= 4 is 0 Å². The molecule has 3 atom stereocenters. The van der Waals surface area contributed by atoms with Crippen molar-refractivity contribution in [3.05, 3.63) is 35.6 Å². The van der Waals surface area contributed by atoms with Gasteiger partial charge in [-0.1, -0.05) is 19.1 Å². The Labute approximate surface area is 96.2 Å². The molecule has 0 aromatic heterocycles. The minimum atomic E-state index is -0.166. The summed E-state index contributed by atoms with van der Waals surface area (Å²) in [6.45, 7) is 6.18. The number of likely N-dealkylation sites (tertiary alicyclic amines) is 1. The maximum Gasteiger partial charge on any atom is 0.123 e. The molecule has 2 N–H and O–H groups in total. The van der Waals surface area contributed by atoms with Crippen LogP contribution in [-0.2, 0) is 0 Å². The second kappa shape index (κ2) is 4.52. The maximum atomic E-state index is 13.1. The molecule has 0 amide bonds. The van der Waals surface area contributed by atoms with E-state index in [4.69, 9.17) is 5.73 Å². The molecule has 2 nitrogen and oxygen atoms in total. The van der Waals surface area contributed by atoms with Crippen LogP contribution in [0.3, 0.4) is 0 Å². The molecule has 1 aromatic carbocycles. The lowest BCUT2D eigenvalue weighted by molar-refractivity contribution is 0.253. The van der Waals surface area contributed by atoms with Gasteiger partial charge in [0.05, 0.1) is 0 Å². The molecule has 1 aliphatic heterocycles. The van der Waals surface area contributed by atoms with Gasteiger partial charge in [-0.2, -0.15) is 0 Å². The van der Waals surface area contributed by atoms with E-state index < -0.39 is 0 Å². The Bertz CT molecular complexity index is 357. The lowest BCUT2D eigenvalue weighted by Crippen LogP contribution is -2.29. The van der Waals surface area contributed by atoms with E-state index in [0.29, 0.717) is 5.92 Å². The number of hydrogen-bond acceptors (Lipinski definition) is 2. The third-order valence-electron chi connectivity index (χ3n) is 3.58. The van der Waals surface area contributed by atoms with E-state index >= 15 is 0 Å². The zero-order valence-electron chi connectivity index (χ0n) is 9.86. The van der Waals surface area contributed by atoms with Crippen molar-refractivity contribution in [1.29, 1.82) is 0 Å². The number of hydrogen-bond donors (Lipinski definition) is 1. The van der Waals surface area contributed by atoms with Gasteiger partial charge in [0.1, 0.15) is 5.82 Å². The fourth-order valence-electron chi connectivity index (χ4n) is 2.32. The van der Waals surface area contributed by atoms with Crippen LogP contribution in [-0.4, -0.2) is 24.0 Å². The molecule has 0 bridgehead atoms. The molecule has 16 heavy (non-hydrogen) atoms. The van der Waals surface area contributed by atoms with Gasteiger partial charge in [0.15, 0.2) is 0 Å². The molecule has 2 rings (SSSR count). The zero-order chi connectivity index (χ0) is 11.7. The van der Waals surface area contributed by atoms with E-state index in [1.165, 1.54) is 6.07 Å². The lowest BCUT2D eigenvalue weighted by Gasteiger charge is -2.24. The first-order valence-electron chi connectivity index (χ1n) is 5.83. The predicted octanol–water partition coefficient (Wildman–Crippen LogP) is 2.17. The standard InChI is InChI=1S/C13H19FN2/c1-9-7-16(8-13(9)15)10(2)11-4-3-5-12(14)6-11/h3-6,9-10,13H,7-8,15H2,1-2H3. The van der Waals surface area contributed by atoms with Crippen LogP contribution in [0.1, 0.15) is 25.5 Å². The maximum absolute atomic E-state index is 13.1. The number of nitrogens with two attached hydrogens (primary N) is 1. The predicted molar refractivity (Wildman–Crippen MR) is 63.5 cm³/mol. The summed E-state index contributed by atoms with van der Waals surface area (Å²) in [5, 5.41) is 0. The highest BCUT2D eigenvalue weighted by Crippen LogP contribution is 2.26. The summed E-state index contributed by atoms with van der Waals surface area (Å²) >= 11 is 0. The van der Waals surface area contributed by atoms with Crippen LogP contribution in [0.4, 0.5) is 4.39 Å². The number of nitrogens with zero attached hydrogens (tertiary/aromatic N) is 1. The summed E-state index contributed by atoms with van der Waals surface area (Å²) in [6.07, 6.45) is 0. The summed E-state index contributed by atoms with van der Waals surface area (Å²) in [7, 11) is 0. The Balaban J connectivity index is 2.11. The van der Waals surface area contributed by atoms with E-state index in [0.717, 1.165) is 18.7 Å². The van der Waals surface area contributed by atoms with Crippen molar-refractivity contribution in [2.24, 2.45) is 11.7 Å². The van der Waals surface area contributed by atoms with Crippen molar-refractivity contribution < 1.29 is 4.39 Å². The molecule has 3 heteroatoms. The van der Waals surface area contributed by atoms with Crippen LogP contribution in [0.2, 0.25) is 0 Å². The normalized spacial score (nSPS) is 28.2. The Morgan fingerprint density at radius 2 is 2.19 bits per heavy atom. The molecule has 1 saturated heterocycles. The fourth-order valence-corrected chi connectivity index (χ4v) is 2.32. The van der Waals surface area contributed by atoms with Crippen molar-refractivity contribution in [1.82, 2.24) is 4.90 Å². The van der Waals surface area contributed by atoms with Crippen molar-refractivity contribution in [3.8, 4) is 0 Å². The molecule has 88 valence electrons. The van der Waals surface area contributed by atoms with Crippen molar-refractivity contribution in [2.75, 3.05) is 13.1 Å². The second-order valence-corrected chi connectivity index (χ2v) is 4.83. The Morgan fingerprint density at radius 1 is 1.44 bits per heavy atom. The van der Waals surface area contributed by atoms with E-state index in [2.05, 4.69) is 18.7 Å². The molecule has 0 saturated carbocycles. The summed E-state index contributed by atoms with van der Waals surface area (Å²) in [6, 6.07) is 7.32. The van der Waals surface area contributed by atoms with Crippen LogP contribution < -0.4 is 5.73 Å². The Hall–Kier alpha value is -0.930. The molecule has 3 unspecified atom stereocenters. The quantitative estimate of drug-likeness (QED) is 0.831. The van der Waals surface area contributed by atoms with Crippen LogP contribution in [0.5, 0.6) is 0 Å². The lowest BCUT2D eigenvalue weighted by atomic mass is 10.1. The molecule has 0 aliphatic carbocycles. The van der Waals surface area contributed by atoms with Gasteiger partial charge >= 0.3 is 0 Å². The molecule has 1 aromatic rings. The highest BCUT2D eigenvalue weighted by Gasteiger charge is 2.30. The summed E-state index contributed by atoms with van der Waals surface area (Å²) in [5.41, 5.74) is 7.03. The zero-order valence-corrected chi connectivity index (χ0v) is 9.86. The molecule has 0 radical (unpaired) electrons. The number of rotatable bonds is 2. The molecular formula is C13H19FN2. The molecule has 1 fully saturated rings. The van der Waals surface area contributed by atoms with Gasteiger partial charge in [-0.15, -0.1) is 0 Å². The summed E-state index contributed by atoms with van der Waals surface area (Å²) < 4.78 is 13.1. The first kappa shape index (κ1) is 11.6. The highest BCUT2D eigenvalue weighted by atomic mass is 19.1. The van der Waals surface area contributed by atoms with Crippen LogP contribution in [0.15, 0.2) is 24.3 Å². The smallest absolute Gasteiger partial charge is 0.123 e. The third-order valence-corrected chi connectivity index (χ3v) is 3.58. The van der Waals surface area contributed by atoms with Crippen molar-refractivity contribution in [2.45, 2.75) is 25.9 Å². The van der Waals surface area contributed by atoms with Crippen LogP contribution >= 0.6 is 0 Å². The average molecular weight is 222 g/mol. The van der Waals surface area contributed by atoms with E-state index in [-0.39, 0.29) is 17.9 Å². The number of halogens is 1. The summed E-state index contributed by atoms with van der Waals surface area (Å²) in [4.78, 5) is 2.32. The van der Waals surface area contributed by atoms with Gasteiger partial charge in [-0.25, -0.2) is 4.39 Å². The van der Waals surface area contributed by atoms with Gasteiger partial charge < -0.3 is 5.73 Å². The first-order valence-corrected chi connectivity index (χ1v) is 5.83. The van der Waals surface area contributed by atoms with Gasteiger partial charge in [0, 0.05) is 25.2 Å². The van der Waals surface area contributed by atoms with E-state index in [1.807, 2.05) is 6.07 Å². The SMILES string of the molecule is CC1CN(C(C)c2cccc(F)c2)CC1N. The Morgan fingerprint density at radius 3 is 2.75 bits per heavy atom.